The van der Waals surface area contributed by atoms with Gasteiger partial charge in [0.2, 0.25) is 10.0 Å². The zero-order chi connectivity index (χ0) is 16.3. The van der Waals surface area contributed by atoms with Gasteiger partial charge in [-0.1, -0.05) is 0 Å². The van der Waals surface area contributed by atoms with Crippen molar-refractivity contribution in [1.82, 2.24) is 24.3 Å². The Kier molecular flexibility index (Phi) is 5.07. The molecule has 1 fully saturated rings. The highest BCUT2D eigenvalue weighted by atomic mass is 32.2. The van der Waals surface area contributed by atoms with E-state index >= 15 is 0 Å². The zero-order valence-electron chi connectivity index (χ0n) is 13.2. The number of carbonyl (C=O) groups is 1. The van der Waals surface area contributed by atoms with E-state index in [1.807, 2.05) is 13.2 Å². The Morgan fingerprint density at radius 2 is 2.09 bits per heavy atom. The Bertz CT molecular complexity index is 619. The Balaban J connectivity index is 1.80. The molecule has 0 saturated carbocycles. The third-order valence-electron chi connectivity index (χ3n) is 3.78. The van der Waals surface area contributed by atoms with E-state index in [2.05, 4.69) is 10.4 Å². The second-order valence-corrected chi connectivity index (χ2v) is 7.75. The molecule has 2 heterocycles. The van der Waals surface area contributed by atoms with Crippen molar-refractivity contribution in [2.24, 2.45) is 7.05 Å². The standard InChI is InChI=1S/C13H23N5O3S/c1-16(9-11-8-14-17(2)10-11)13(19)15-12-4-6-18(7-5-12)22(3,20)21/h8,10,12H,4-7,9H2,1-3H3,(H,15,19). The average Bonchev–Trinajstić information content (AvgIpc) is 2.83. The Morgan fingerprint density at radius 3 is 2.59 bits per heavy atom. The van der Waals surface area contributed by atoms with Crippen molar-refractivity contribution in [1.29, 1.82) is 0 Å². The summed E-state index contributed by atoms with van der Waals surface area (Å²) >= 11 is 0. The Morgan fingerprint density at radius 1 is 1.45 bits per heavy atom. The summed E-state index contributed by atoms with van der Waals surface area (Å²) in [6, 6.07) is -0.136. The predicted octanol–water partition coefficient (Wildman–Crippen LogP) is -0.0145. The van der Waals surface area contributed by atoms with Gasteiger partial charge in [-0.05, 0) is 12.8 Å². The van der Waals surface area contributed by atoms with Crippen molar-refractivity contribution in [2.45, 2.75) is 25.4 Å². The maximum Gasteiger partial charge on any atom is 0.317 e. The summed E-state index contributed by atoms with van der Waals surface area (Å²) in [5, 5.41) is 7.03. The quantitative estimate of drug-likeness (QED) is 0.841. The Hall–Kier alpha value is -1.61. The van der Waals surface area contributed by atoms with Crippen LogP contribution in [0.2, 0.25) is 0 Å². The van der Waals surface area contributed by atoms with Crippen LogP contribution in [-0.2, 0) is 23.6 Å². The number of hydrogen-bond acceptors (Lipinski definition) is 4. The monoisotopic (exact) mass is 329 g/mol. The highest BCUT2D eigenvalue weighted by Gasteiger charge is 2.26. The summed E-state index contributed by atoms with van der Waals surface area (Å²) in [7, 11) is 0.431. The molecule has 0 unspecified atom stereocenters. The van der Waals surface area contributed by atoms with Crippen molar-refractivity contribution in [3.05, 3.63) is 18.0 Å². The minimum Gasteiger partial charge on any atom is -0.335 e. The van der Waals surface area contributed by atoms with E-state index in [0.29, 0.717) is 32.5 Å². The van der Waals surface area contributed by atoms with Crippen molar-refractivity contribution >= 4 is 16.1 Å². The van der Waals surface area contributed by atoms with Crippen LogP contribution >= 0.6 is 0 Å². The predicted molar refractivity (Wildman–Crippen MR) is 82.6 cm³/mol. The van der Waals surface area contributed by atoms with Crippen molar-refractivity contribution in [2.75, 3.05) is 26.4 Å². The molecule has 124 valence electrons. The number of rotatable bonds is 4. The van der Waals surface area contributed by atoms with E-state index in [-0.39, 0.29) is 12.1 Å². The smallest absolute Gasteiger partial charge is 0.317 e. The number of nitrogens with zero attached hydrogens (tertiary/aromatic N) is 4. The molecule has 1 aromatic heterocycles. The molecule has 8 nitrogen and oxygen atoms in total. The number of hydrogen-bond donors (Lipinski definition) is 1. The lowest BCUT2D eigenvalue weighted by Gasteiger charge is -2.31. The zero-order valence-corrected chi connectivity index (χ0v) is 14.0. The second-order valence-electron chi connectivity index (χ2n) is 5.76. The maximum absolute atomic E-state index is 12.2. The van der Waals surface area contributed by atoms with Gasteiger partial charge < -0.3 is 10.2 Å². The van der Waals surface area contributed by atoms with Crippen LogP contribution in [0.15, 0.2) is 12.4 Å². The molecule has 1 saturated heterocycles. The number of piperidine rings is 1. The van der Waals surface area contributed by atoms with E-state index in [4.69, 9.17) is 0 Å². The summed E-state index contributed by atoms with van der Waals surface area (Å²) in [6.07, 6.45) is 6.09. The first kappa shape index (κ1) is 16.8. The van der Waals surface area contributed by atoms with Gasteiger partial charge in [-0.2, -0.15) is 5.10 Å². The summed E-state index contributed by atoms with van der Waals surface area (Å²) in [6.45, 7) is 1.40. The van der Waals surface area contributed by atoms with E-state index in [9.17, 15) is 13.2 Å². The molecule has 0 bridgehead atoms. The lowest BCUT2D eigenvalue weighted by atomic mass is 10.1. The highest BCUT2D eigenvalue weighted by Crippen LogP contribution is 2.13. The number of aryl methyl sites for hydroxylation is 1. The first-order valence-corrected chi connectivity index (χ1v) is 9.05. The number of sulfonamides is 1. The van der Waals surface area contributed by atoms with Crippen LogP contribution in [0.25, 0.3) is 0 Å². The number of nitrogens with one attached hydrogen (secondary N) is 1. The summed E-state index contributed by atoms with van der Waals surface area (Å²) in [4.78, 5) is 13.8. The first-order chi connectivity index (χ1) is 10.3. The molecular formula is C13H23N5O3S. The van der Waals surface area contributed by atoms with Crippen LogP contribution < -0.4 is 5.32 Å². The number of amides is 2. The lowest BCUT2D eigenvalue weighted by Crippen LogP contribution is -2.49. The fourth-order valence-corrected chi connectivity index (χ4v) is 3.39. The molecule has 2 rings (SSSR count). The number of aromatic nitrogens is 2. The van der Waals surface area contributed by atoms with E-state index in [1.54, 1.807) is 22.8 Å². The fourth-order valence-electron chi connectivity index (χ4n) is 2.52. The molecule has 1 N–H and O–H groups in total. The molecule has 0 atom stereocenters. The van der Waals surface area contributed by atoms with Gasteiger partial charge in [-0.3, -0.25) is 4.68 Å². The van der Waals surface area contributed by atoms with Crippen molar-refractivity contribution in [3.63, 3.8) is 0 Å². The van der Waals surface area contributed by atoms with Gasteiger partial charge in [0.25, 0.3) is 0 Å². The van der Waals surface area contributed by atoms with Gasteiger partial charge in [-0.15, -0.1) is 0 Å². The highest BCUT2D eigenvalue weighted by molar-refractivity contribution is 7.88. The lowest BCUT2D eigenvalue weighted by molar-refractivity contribution is 0.195. The molecule has 22 heavy (non-hydrogen) atoms. The molecule has 1 aliphatic rings. The molecular weight excluding hydrogens is 306 g/mol. The third-order valence-corrected chi connectivity index (χ3v) is 5.08. The van der Waals surface area contributed by atoms with E-state index in [1.165, 1.54) is 10.6 Å². The van der Waals surface area contributed by atoms with Gasteiger partial charge >= 0.3 is 6.03 Å². The molecule has 0 spiro atoms. The maximum atomic E-state index is 12.2. The van der Waals surface area contributed by atoms with Gasteiger partial charge in [-0.25, -0.2) is 17.5 Å². The van der Waals surface area contributed by atoms with Crippen molar-refractivity contribution in [3.8, 4) is 0 Å². The minimum atomic E-state index is -3.13. The summed E-state index contributed by atoms with van der Waals surface area (Å²) in [5.74, 6) is 0. The van der Waals surface area contributed by atoms with Crippen LogP contribution in [-0.4, -0.2) is 65.9 Å². The fraction of sp³-hybridized carbons (Fsp3) is 0.692. The molecule has 0 radical (unpaired) electrons. The van der Waals surface area contributed by atoms with Gasteiger partial charge in [0.1, 0.15) is 0 Å². The topological polar surface area (TPSA) is 87.5 Å². The average molecular weight is 329 g/mol. The first-order valence-electron chi connectivity index (χ1n) is 7.20. The second kappa shape index (κ2) is 6.66. The van der Waals surface area contributed by atoms with Crippen LogP contribution in [0.4, 0.5) is 4.79 Å². The normalized spacial score (nSPS) is 17.4. The van der Waals surface area contributed by atoms with E-state index in [0.717, 1.165) is 5.56 Å². The number of carbonyl (C=O) groups excluding carboxylic acids is 1. The SMILES string of the molecule is CN(Cc1cnn(C)c1)C(=O)NC1CCN(S(C)(=O)=O)CC1. The summed E-state index contributed by atoms with van der Waals surface area (Å²) in [5.41, 5.74) is 0.965. The summed E-state index contributed by atoms with van der Waals surface area (Å²) < 4.78 is 26.1. The van der Waals surface area contributed by atoms with Gasteiger partial charge in [0.05, 0.1) is 19.0 Å². The number of urea groups is 1. The van der Waals surface area contributed by atoms with Crippen molar-refractivity contribution < 1.29 is 13.2 Å². The third kappa shape index (κ3) is 4.44. The Labute approximate surface area is 131 Å². The molecule has 1 aliphatic heterocycles. The van der Waals surface area contributed by atoms with Crippen LogP contribution in [0.1, 0.15) is 18.4 Å². The molecule has 9 heteroatoms. The molecule has 0 aliphatic carbocycles. The van der Waals surface area contributed by atoms with Crippen LogP contribution in [0.3, 0.4) is 0 Å². The van der Waals surface area contributed by atoms with Crippen LogP contribution in [0, 0.1) is 0 Å². The van der Waals surface area contributed by atoms with Gasteiger partial charge in [0.15, 0.2) is 0 Å². The largest absolute Gasteiger partial charge is 0.335 e. The molecule has 2 amide bonds. The molecule has 0 aromatic carbocycles. The van der Waals surface area contributed by atoms with Gasteiger partial charge in [0, 0.05) is 45.0 Å². The molecule has 1 aromatic rings. The van der Waals surface area contributed by atoms with E-state index < -0.39 is 10.0 Å². The van der Waals surface area contributed by atoms with Crippen LogP contribution in [0.5, 0.6) is 0 Å². The minimum absolute atomic E-state index is 0.0156.